The molecule has 1 atom stereocenters. The molecule has 0 aromatic heterocycles. The number of ether oxygens (including phenoxy) is 1. The summed E-state index contributed by atoms with van der Waals surface area (Å²) in [5.41, 5.74) is 0.189. The largest absolute Gasteiger partial charge is 0.507 e. The summed E-state index contributed by atoms with van der Waals surface area (Å²) in [6, 6.07) is 4.24. The molecule has 1 aromatic rings. The molecule has 1 saturated heterocycles. The first-order chi connectivity index (χ1) is 9.49. The molecule has 108 valence electrons. The van der Waals surface area contributed by atoms with Gasteiger partial charge < -0.3 is 19.8 Å². The SMILES string of the molecule is O=C(O)CC1COCCN1C(=O)c1cc(I)ccc1O. The van der Waals surface area contributed by atoms with Gasteiger partial charge in [0.15, 0.2) is 0 Å². The normalized spacial score (nSPS) is 18.9. The lowest BCUT2D eigenvalue weighted by Crippen LogP contribution is -2.49. The van der Waals surface area contributed by atoms with Crippen molar-refractivity contribution in [1.82, 2.24) is 4.90 Å². The van der Waals surface area contributed by atoms with Gasteiger partial charge in [-0.3, -0.25) is 9.59 Å². The van der Waals surface area contributed by atoms with Crippen LogP contribution in [0.15, 0.2) is 18.2 Å². The minimum atomic E-state index is -0.981. The second-order valence-corrected chi connectivity index (χ2v) is 5.73. The lowest BCUT2D eigenvalue weighted by Gasteiger charge is -2.35. The van der Waals surface area contributed by atoms with Crippen molar-refractivity contribution in [1.29, 1.82) is 0 Å². The van der Waals surface area contributed by atoms with Crippen LogP contribution < -0.4 is 0 Å². The van der Waals surface area contributed by atoms with Crippen LogP contribution in [0.1, 0.15) is 16.8 Å². The predicted octanol–water partition coefficient (Wildman–Crippen LogP) is 1.31. The number of benzene rings is 1. The van der Waals surface area contributed by atoms with Gasteiger partial charge >= 0.3 is 5.97 Å². The van der Waals surface area contributed by atoms with E-state index in [9.17, 15) is 14.7 Å². The van der Waals surface area contributed by atoms with Crippen molar-refractivity contribution in [2.45, 2.75) is 12.5 Å². The number of aliphatic carboxylic acids is 1. The molecule has 2 rings (SSSR count). The lowest BCUT2D eigenvalue weighted by molar-refractivity contribution is -0.139. The average Bonchev–Trinajstić information content (AvgIpc) is 2.41. The number of halogens is 1. The van der Waals surface area contributed by atoms with E-state index in [1.54, 1.807) is 12.1 Å². The Morgan fingerprint density at radius 3 is 2.90 bits per heavy atom. The summed E-state index contributed by atoms with van der Waals surface area (Å²) in [5, 5.41) is 18.7. The number of nitrogens with zero attached hydrogens (tertiary/aromatic N) is 1. The standard InChI is InChI=1S/C13H14INO5/c14-8-1-2-11(16)10(5-8)13(19)15-3-4-20-7-9(15)6-12(17)18/h1-2,5,9,16H,3-4,6-7H2,(H,17,18). The fourth-order valence-electron chi connectivity index (χ4n) is 2.13. The van der Waals surface area contributed by atoms with Crippen LogP contribution in [0, 0.1) is 3.57 Å². The first kappa shape index (κ1) is 15.0. The number of phenols is 1. The highest BCUT2D eigenvalue weighted by Gasteiger charge is 2.30. The molecule has 1 aliphatic rings. The summed E-state index contributed by atoms with van der Waals surface area (Å²) in [6.45, 7) is 0.886. The van der Waals surface area contributed by atoms with Crippen LogP contribution in [0.3, 0.4) is 0 Å². The Morgan fingerprint density at radius 2 is 2.20 bits per heavy atom. The zero-order valence-corrected chi connectivity index (χ0v) is 12.7. The van der Waals surface area contributed by atoms with Crippen molar-refractivity contribution in [3.63, 3.8) is 0 Å². The van der Waals surface area contributed by atoms with E-state index in [0.29, 0.717) is 13.2 Å². The third kappa shape index (κ3) is 3.40. The third-order valence-corrected chi connectivity index (χ3v) is 3.76. The Hall–Kier alpha value is -1.35. The van der Waals surface area contributed by atoms with Crippen LogP contribution in [-0.2, 0) is 9.53 Å². The van der Waals surface area contributed by atoms with E-state index in [0.717, 1.165) is 3.57 Å². The van der Waals surface area contributed by atoms with E-state index in [1.807, 2.05) is 0 Å². The molecule has 1 fully saturated rings. The van der Waals surface area contributed by atoms with E-state index < -0.39 is 12.0 Å². The molecule has 0 radical (unpaired) electrons. The summed E-state index contributed by atoms with van der Waals surface area (Å²) in [7, 11) is 0. The molecule has 1 amide bonds. The van der Waals surface area contributed by atoms with Crippen molar-refractivity contribution in [3.8, 4) is 5.75 Å². The molecule has 1 unspecified atom stereocenters. The number of morpholine rings is 1. The number of rotatable bonds is 3. The molecule has 1 heterocycles. The molecular formula is C13H14INO5. The predicted molar refractivity (Wildman–Crippen MR) is 78.7 cm³/mol. The van der Waals surface area contributed by atoms with Crippen LogP contribution in [-0.4, -0.2) is 52.8 Å². The summed E-state index contributed by atoms with van der Waals surface area (Å²) < 4.78 is 6.06. The van der Waals surface area contributed by atoms with Crippen LogP contribution in [0.4, 0.5) is 0 Å². The number of carbonyl (C=O) groups is 2. The van der Waals surface area contributed by atoms with Gasteiger partial charge in [0.1, 0.15) is 5.75 Å². The van der Waals surface area contributed by atoms with Gasteiger partial charge in [-0.15, -0.1) is 0 Å². The van der Waals surface area contributed by atoms with Gasteiger partial charge in [0, 0.05) is 10.1 Å². The monoisotopic (exact) mass is 391 g/mol. The molecule has 2 N–H and O–H groups in total. The van der Waals surface area contributed by atoms with Crippen LogP contribution in [0.5, 0.6) is 5.75 Å². The number of carbonyl (C=O) groups excluding carboxylic acids is 1. The summed E-state index contributed by atoms with van der Waals surface area (Å²) in [6.07, 6.45) is -0.170. The maximum atomic E-state index is 12.5. The van der Waals surface area contributed by atoms with Crippen molar-refractivity contribution >= 4 is 34.5 Å². The van der Waals surface area contributed by atoms with Crippen LogP contribution in [0.25, 0.3) is 0 Å². The Bertz CT molecular complexity index is 533. The number of carboxylic acids is 1. The van der Waals surface area contributed by atoms with Gasteiger partial charge in [-0.25, -0.2) is 0 Å². The van der Waals surface area contributed by atoms with E-state index in [2.05, 4.69) is 22.6 Å². The first-order valence-corrected chi connectivity index (χ1v) is 7.16. The maximum Gasteiger partial charge on any atom is 0.305 e. The van der Waals surface area contributed by atoms with Crippen LogP contribution in [0.2, 0.25) is 0 Å². The second kappa shape index (κ2) is 6.40. The number of amides is 1. The number of hydrogen-bond acceptors (Lipinski definition) is 4. The number of phenolic OH excluding ortho intramolecular Hbond substituents is 1. The van der Waals surface area contributed by atoms with Gasteiger partial charge in [0.05, 0.1) is 31.2 Å². The van der Waals surface area contributed by atoms with Gasteiger partial charge in [-0.2, -0.15) is 0 Å². The fraction of sp³-hybridized carbons (Fsp3) is 0.385. The highest BCUT2D eigenvalue weighted by molar-refractivity contribution is 14.1. The Balaban J connectivity index is 2.25. The van der Waals surface area contributed by atoms with Crippen molar-refractivity contribution in [2.24, 2.45) is 0 Å². The minimum Gasteiger partial charge on any atom is -0.507 e. The van der Waals surface area contributed by atoms with E-state index in [-0.39, 0.29) is 30.2 Å². The molecule has 0 spiro atoms. The lowest BCUT2D eigenvalue weighted by atomic mass is 10.1. The molecule has 0 bridgehead atoms. The van der Waals surface area contributed by atoms with Gasteiger partial charge in [-0.05, 0) is 40.8 Å². The van der Waals surface area contributed by atoms with Gasteiger partial charge in [0.25, 0.3) is 5.91 Å². The Labute approximate surface area is 129 Å². The topological polar surface area (TPSA) is 87.1 Å². The number of hydrogen-bond donors (Lipinski definition) is 2. The van der Waals surface area contributed by atoms with Crippen molar-refractivity contribution in [3.05, 3.63) is 27.3 Å². The molecule has 0 saturated carbocycles. The van der Waals surface area contributed by atoms with Crippen molar-refractivity contribution in [2.75, 3.05) is 19.8 Å². The minimum absolute atomic E-state index is 0.101. The van der Waals surface area contributed by atoms with E-state index >= 15 is 0 Å². The number of carboxylic acid groups (broad SMARTS) is 1. The van der Waals surface area contributed by atoms with Gasteiger partial charge in [0.2, 0.25) is 0 Å². The Morgan fingerprint density at radius 1 is 1.45 bits per heavy atom. The molecule has 0 aliphatic carbocycles. The van der Waals surface area contributed by atoms with E-state index in [4.69, 9.17) is 9.84 Å². The molecule has 7 heteroatoms. The fourth-order valence-corrected chi connectivity index (χ4v) is 2.62. The molecule has 1 aromatic carbocycles. The first-order valence-electron chi connectivity index (χ1n) is 6.08. The zero-order valence-electron chi connectivity index (χ0n) is 10.6. The molecular weight excluding hydrogens is 377 g/mol. The average molecular weight is 391 g/mol. The summed E-state index contributed by atoms with van der Waals surface area (Å²) in [4.78, 5) is 24.8. The maximum absolute atomic E-state index is 12.5. The summed E-state index contributed by atoms with van der Waals surface area (Å²) >= 11 is 2.05. The zero-order chi connectivity index (χ0) is 14.7. The summed E-state index contributed by atoms with van der Waals surface area (Å²) in [5.74, 6) is -1.45. The molecule has 1 aliphatic heterocycles. The van der Waals surface area contributed by atoms with E-state index in [1.165, 1.54) is 11.0 Å². The number of aromatic hydroxyl groups is 1. The highest BCUT2D eigenvalue weighted by atomic mass is 127. The molecule has 20 heavy (non-hydrogen) atoms. The highest BCUT2D eigenvalue weighted by Crippen LogP contribution is 2.23. The molecule has 6 nitrogen and oxygen atoms in total. The van der Waals surface area contributed by atoms with Crippen molar-refractivity contribution < 1.29 is 24.5 Å². The van der Waals surface area contributed by atoms with Crippen LogP contribution >= 0.6 is 22.6 Å². The quantitative estimate of drug-likeness (QED) is 0.759. The third-order valence-electron chi connectivity index (χ3n) is 3.09. The smallest absolute Gasteiger partial charge is 0.305 e. The van der Waals surface area contributed by atoms with Gasteiger partial charge in [-0.1, -0.05) is 0 Å². The second-order valence-electron chi connectivity index (χ2n) is 4.49. The Kier molecular flexibility index (Phi) is 4.81.